The number of sulfonamides is 1. The number of aliphatic hydroxyl groups is 1. The Labute approximate surface area is 233 Å². The van der Waals surface area contributed by atoms with Gasteiger partial charge in [-0.3, -0.25) is 4.79 Å². The smallest absolute Gasteiger partial charge is 0.241 e. The van der Waals surface area contributed by atoms with Crippen molar-refractivity contribution in [3.8, 4) is 21.0 Å². The highest BCUT2D eigenvalue weighted by atomic mass is 32.2. The number of hydrogen-bond donors (Lipinski definition) is 5. The van der Waals surface area contributed by atoms with Crippen LogP contribution in [-0.2, 0) is 14.8 Å². The number of anilines is 2. The van der Waals surface area contributed by atoms with Gasteiger partial charge in [0, 0.05) is 47.7 Å². The normalized spacial score (nSPS) is 12.4. The van der Waals surface area contributed by atoms with Crippen molar-refractivity contribution in [1.29, 1.82) is 0 Å². The zero-order valence-electron chi connectivity index (χ0n) is 21.9. The van der Waals surface area contributed by atoms with E-state index in [1.807, 2.05) is 52.0 Å². The maximum atomic E-state index is 13.4. The highest BCUT2D eigenvalue weighted by Crippen LogP contribution is 2.37. The van der Waals surface area contributed by atoms with Gasteiger partial charge in [0.1, 0.15) is 5.01 Å². The molecule has 0 radical (unpaired) electrons. The van der Waals surface area contributed by atoms with Gasteiger partial charge in [-0.05, 0) is 68.4 Å². The van der Waals surface area contributed by atoms with Crippen molar-refractivity contribution in [3.05, 3.63) is 48.7 Å². The van der Waals surface area contributed by atoms with E-state index in [9.17, 15) is 18.3 Å². The van der Waals surface area contributed by atoms with Gasteiger partial charge in [-0.2, -0.15) is 0 Å². The molecule has 0 saturated carbocycles. The zero-order valence-corrected chi connectivity index (χ0v) is 24.4. The van der Waals surface area contributed by atoms with Crippen molar-refractivity contribution < 1.29 is 18.3 Å². The molecule has 0 unspecified atom stereocenters. The van der Waals surface area contributed by atoms with Crippen LogP contribution in [0.3, 0.4) is 0 Å². The fraction of sp³-hybridized carbons (Fsp3) is 0.346. The molecule has 1 amide bonds. The third kappa shape index (κ3) is 7.81. The topological polar surface area (TPSA) is 132 Å². The highest BCUT2D eigenvalue weighted by molar-refractivity contribution is 7.89. The second-order valence-electron chi connectivity index (χ2n) is 9.41. The standard InChI is InChI=1S/C26H33N5O4S3/c1-15(2)22(14-32)31-38(34,35)24-12-20(29-17(5)33)10-11-21(24)23-13-27-25(37-23)18-6-8-19(9-7-18)30-26(36)28-16(3)4/h6-13,15-16,22,31-32H,14H2,1-5H3,(H,29,33)(H2,28,30,36)/t22-/m1/s1. The number of thiazole rings is 1. The number of hydrogen-bond acceptors (Lipinski definition) is 7. The molecule has 1 atom stereocenters. The maximum absolute atomic E-state index is 13.4. The number of nitrogens with one attached hydrogen (secondary N) is 4. The van der Waals surface area contributed by atoms with Crippen molar-refractivity contribution in [3.63, 3.8) is 0 Å². The highest BCUT2D eigenvalue weighted by Gasteiger charge is 2.26. The summed E-state index contributed by atoms with van der Waals surface area (Å²) in [6.45, 7) is 8.67. The minimum atomic E-state index is -4.04. The van der Waals surface area contributed by atoms with E-state index < -0.39 is 16.1 Å². The lowest BCUT2D eigenvalue weighted by atomic mass is 10.1. The molecule has 5 N–H and O–H groups in total. The van der Waals surface area contributed by atoms with Gasteiger partial charge < -0.3 is 21.1 Å². The van der Waals surface area contributed by atoms with Crippen LogP contribution in [0.4, 0.5) is 11.4 Å². The number of aliphatic hydroxyl groups excluding tert-OH is 1. The van der Waals surface area contributed by atoms with Crippen molar-refractivity contribution in [2.24, 2.45) is 5.92 Å². The predicted octanol–water partition coefficient (Wildman–Crippen LogP) is 4.43. The predicted molar refractivity (Wildman–Crippen MR) is 158 cm³/mol. The number of amides is 1. The van der Waals surface area contributed by atoms with E-state index >= 15 is 0 Å². The largest absolute Gasteiger partial charge is 0.395 e. The molecule has 0 bridgehead atoms. The molecule has 3 aromatic rings. The first-order valence-electron chi connectivity index (χ1n) is 12.1. The van der Waals surface area contributed by atoms with Gasteiger partial charge in [-0.15, -0.1) is 11.3 Å². The summed E-state index contributed by atoms with van der Waals surface area (Å²) in [5.41, 5.74) is 2.50. The van der Waals surface area contributed by atoms with E-state index in [1.165, 1.54) is 24.3 Å². The number of benzene rings is 2. The van der Waals surface area contributed by atoms with Crippen LogP contribution in [0.5, 0.6) is 0 Å². The number of aromatic nitrogens is 1. The van der Waals surface area contributed by atoms with Gasteiger partial charge in [0.25, 0.3) is 0 Å². The molecule has 3 rings (SSSR count). The average molecular weight is 576 g/mol. The Morgan fingerprint density at radius 1 is 1.05 bits per heavy atom. The summed E-state index contributed by atoms with van der Waals surface area (Å²) in [7, 11) is -4.04. The molecule has 0 aliphatic rings. The van der Waals surface area contributed by atoms with Crippen LogP contribution < -0.4 is 20.7 Å². The second-order valence-corrected chi connectivity index (χ2v) is 12.5. The minimum absolute atomic E-state index is 0.0104. The summed E-state index contributed by atoms with van der Waals surface area (Å²) in [6, 6.07) is 11.9. The lowest BCUT2D eigenvalue weighted by Gasteiger charge is -2.21. The Bertz CT molecular complexity index is 1390. The van der Waals surface area contributed by atoms with Crippen LogP contribution in [0.2, 0.25) is 0 Å². The molecule has 12 heteroatoms. The molecule has 38 heavy (non-hydrogen) atoms. The van der Waals surface area contributed by atoms with Gasteiger partial charge in [0.05, 0.1) is 16.4 Å². The third-order valence-corrected chi connectivity index (χ3v) is 8.31. The Hall–Kier alpha value is -2.90. The Balaban J connectivity index is 1.94. The average Bonchev–Trinajstić information content (AvgIpc) is 3.32. The Morgan fingerprint density at radius 3 is 2.29 bits per heavy atom. The van der Waals surface area contributed by atoms with Crippen LogP contribution in [0.25, 0.3) is 21.0 Å². The van der Waals surface area contributed by atoms with Crippen LogP contribution >= 0.6 is 23.6 Å². The van der Waals surface area contributed by atoms with Gasteiger partial charge in [0.2, 0.25) is 15.9 Å². The van der Waals surface area contributed by atoms with Gasteiger partial charge in [-0.25, -0.2) is 18.1 Å². The summed E-state index contributed by atoms with van der Waals surface area (Å²) >= 11 is 6.64. The molecule has 0 fully saturated rings. The molecule has 0 saturated heterocycles. The van der Waals surface area contributed by atoms with Crippen molar-refractivity contribution in [2.45, 2.75) is 51.6 Å². The van der Waals surface area contributed by atoms with Gasteiger partial charge in [-0.1, -0.05) is 19.9 Å². The molecule has 0 spiro atoms. The molecule has 9 nitrogen and oxygen atoms in total. The first kappa shape index (κ1) is 29.7. The first-order chi connectivity index (χ1) is 17.9. The van der Waals surface area contributed by atoms with Crippen LogP contribution in [0.15, 0.2) is 53.6 Å². The molecule has 1 heterocycles. The number of thiocarbonyl (C=S) groups is 1. The van der Waals surface area contributed by atoms with E-state index in [1.54, 1.807) is 18.3 Å². The van der Waals surface area contributed by atoms with E-state index in [0.717, 1.165) is 11.3 Å². The number of carbonyl (C=O) groups excluding carboxylic acids is 1. The van der Waals surface area contributed by atoms with Crippen LogP contribution in [0.1, 0.15) is 34.6 Å². The Kier molecular flexibility index (Phi) is 9.96. The zero-order chi connectivity index (χ0) is 28.0. The molecule has 0 aliphatic heterocycles. The van der Waals surface area contributed by atoms with Crippen molar-refractivity contribution in [2.75, 3.05) is 17.2 Å². The summed E-state index contributed by atoms with van der Waals surface area (Å²) in [4.78, 5) is 16.8. The number of nitrogens with zero attached hydrogens (tertiary/aromatic N) is 1. The van der Waals surface area contributed by atoms with E-state index in [-0.39, 0.29) is 29.4 Å². The molecule has 2 aromatic carbocycles. The molecule has 204 valence electrons. The second kappa shape index (κ2) is 12.8. The summed E-state index contributed by atoms with van der Waals surface area (Å²) in [5.74, 6) is -0.442. The maximum Gasteiger partial charge on any atom is 0.241 e. The number of carbonyl (C=O) groups is 1. The van der Waals surface area contributed by atoms with Crippen LogP contribution in [-0.4, -0.2) is 48.2 Å². The summed E-state index contributed by atoms with van der Waals surface area (Å²) < 4.78 is 29.5. The molecular formula is C26H33N5O4S3. The molecular weight excluding hydrogens is 543 g/mol. The fourth-order valence-corrected chi connectivity index (χ4v) is 6.53. The van der Waals surface area contributed by atoms with Gasteiger partial charge >= 0.3 is 0 Å². The quantitative estimate of drug-likeness (QED) is 0.224. The first-order valence-corrected chi connectivity index (χ1v) is 14.8. The lowest BCUT2D eigenvalue weighted by molar-refractivity contribution is -0.114. The van der Waals surface area contributed by atoms with Gasteiger partial charge in [0.15, 0.2) is 5.11 Å². The van der Waals surface area contributed by atoms with Crippen LogP contribution in [0, 0.1) is 5.92 Å². The minimum Gasteiger partial charge on any atom is -0.395 e. The lowest BCUT2D eigenvalue weighted by Crippen LogP contribution is -2.41. The number of rotatable bonds is 10. The van der Waals surface area contributed by atoms with Crippen molar-refractivity contribution >= 4 is 56.0 Å². The monoisotopic (exact) mass is 575 g/mol. The third-order valence-electron chi connectivity index (χ3n) is 5.48. The Morgan fingerprint density at radius 2 is 1.71 bits per heavy atom. The van der Waals surface area contributed by atoms with E-state index in [4.69, 9.17) is 12.2 Å². The molecule has 1 aromatic heterocycles. The molecule has 0 aliphatic carbocycles. The SMILES string of the molecule is CC(=O)Nc1ccc(-c2cnc(-c3ccc(NC(=S)NC(C)C)cc3)s2)c(S(=O)(=O)N[C@H](CO)C(C)C)c1. The summed E-state index contributed by atoms with van der Waals surface area (Å²) in [5, 5.41) is 19.8. The fourth-order valence-electron chi connectivity index (χ4n) is 3.53. The van der Waals surface area contributed by atoms with Crippen molar-refractivity contribution in [1.82, 2.24) is 15.0 Å². The van der Waals surface area contributed by atoms with E-state index in [0.29, 0.717) is 26.2 Å². The summed E-state index contributed by atoms with van der Waals surface area (Å²) in [6.07, 6.45) is 1.63. The van der Waals surface area contributed by atoms with E-state index in [2.05, 4.69) is 25.7 Å².